The second-order valence-electron chi connectivity index (χ2n) is 5.94. The molecule has 2 heterocycles. The Balaban J connectivity index is 1.51. The van der Waals surface area contributed by atoms with Crippen LogP contribution in [0.4, 0.5) is 0 Å². The van der Waals surface area contributed by atoms with Crippen LogP contribution in [-0.4, -0.2) is 30.1 Å². The molecule has 1 aromatic heterocycles. The van der Waals surface area contributed by atoms with E-state index in [0.29, 0.717) is 22.7 Å². The van der Waals surface area contributed by atoms with Crippen LogP contribution in [0, 0.1) is 5.92 Å². The van der Waals surface area contributed by atoms with Gasteiger partial charge in [-0.15, -0.1) is 0 Å². The van der Waals surface area contributed by atoms with Crippen LogP contribution in [0.15, 0.2) is 12.3 Å². The molecule has 1 saturated carbocycles. The predicted octanol–water partition coefficient (Wildman–Crippen LogP) is 2.60. The number of rotatable bonds is 5. The van der Waals surface area contributed by atoms with Crippen molar-refractivity contribution in [2.75, 3.05) is 19.6 Å². The molecule has 1 amide bonds. The number of nitrogens with zero attached hydrogens (tertiary/aromatic N) is 1. The zero-order valence-electron chi connectivity index (χ0n) is 11.7. The summed E-state index contributed by atoms with van der Waals surface area (Å²) in [4.78, 5) is 12.2. The van der Waals surface area contributed by atoms with Crippen LogP contribution in [0.3, 0.4) is 0 Å². The van der Waals surface area contributed by atoms with Crippen molar-refractivity contribution in [3.05, 3.63) is 23.0 Å². The summed E-state index contributed by atoms with van der Waals surface area (Å²) >= 11 is 6.03. The second-order valence-corrected chi connectivity index (χ2v) is 6.38. The molecule has 2 aliphatic rings. The van der Waals surface area contributed by atoms with E-state index in [4.69, 9.17) is 11.6 Å². The Morgan fingerprint density at radius 2 is 2.30 bits per heavy atom. The highest BCUT2D eigenvalue weighted by atomic mass is 35.5. The lowest BCUT2D eigenvalue weighted by Crippen LogP contribution is -2.33. The van der Waals surface area contributed by atoms with Crippen LogP contribution < -0.4 is 10.6 Å². The first-order valence-electron chi connectivity index (χ1n) is 7.60. The van der Waals surface area contributed by atoms with Crippen LogP contribution in [0.25, 0.3) is 0 Å². The van der Waals surface area contributed by atoms with Gasteiger partial charge in [0, 0.05) is 18.8 Å². The average molecular weight is 296 g/mol. The molecular weight excluding hydrogens is 274 g/mol. The minimum atomic E-state index is 0.00701. The van der Waals surface area contributed by atoms with Gasteiger partial charge in [0.1, 0.15) is 5.69 Å². The van der Waals surface area contributed by atoms with Crippen molar-refractivity contribution in [1.82, 2.24) is 15.2 Å². The van der Waals surface area contributed by atoms with Crippen molar-refractivity contribution in [3.63, 3.8) is 0 Å². The maximum atomic E-state index is 12.2. The van der Waals surface area contributed by atoms with Crippen molar-refractivity contribution in [3.8, 4) is 0 Å². The second kappa shape index (κ2) is 6.19. The maximum absolute atomic E-state index is 12.2. The Morgan fingerprint density at radius 3 is 3.00 bits per heavy atom. The van der Waals surface area contributed by atoms with E-state index in [1.165, 1.54) is 12.8 Å². The van der Waals surface area contributed by atoms with Gasteiger partial charge in [-0.2, -0.15) is 0 Å². The molecule has 0 radical (unpaired) electrons. The molecule has 2 N–H and O–H groups in total. The van der Waals surface area contributed by atoms with Gasteiger partial charge in [0.25, 0.3) is 5.91 Å². The highest BCUT2D eigenvalue weighted by Crippen LogP contribution is 2.37. The highest BCUT2D eigenvalue weighted by Gasteiger charge is 2.27. The zero-order valence-corrected chi connectivity index (χ0v) is 12.5. The number of carbonyl (C=O) groups excluding carboxylic acids is 1. The summed E-state index contributed by atoms with van der Waals surface area (Å²) in [6, 6.07) is 2.25. The van der Waals surface area contributed by atoms with E-state index in [1.54, 1.807) is 6.07 Å². The molecule has 1 atom stereocenters. The maximum Gasteiger partial charge on any atom is 0.267 e. The van der Waals surface area contributed by atoms with Gasteiger partial charge in [-0.05, 0) is 57.2 Å². The van der Waals surface area contributed by atoms with Crippen LogP contribution in [0.2, 0.25) is 5.02 Å². The van der Waals surface area contributed by atoms with Crippen LogP contribution in [0.1, 0.15) is 48.6 Å². The van der Waals surface area contributed by atoms with Gasteiger partial charge in [0.2, 0.25) is 0 Å². The molecule has 0 aromatic carbocycles. The fraction of sp³-hybridized carbons (Fsp3) is 0.667. The van der Waals surface area contributed by atoms with Gasteiger partial charge < -0.3 is 15.2 Å². The number of piperidine rings is 1. The molecule has 1 aromatic rings. The SMILES string of the molecule is O=C(NCCC1CCCNC1)c1cc(Cl)cn1C1CC1. The smallest absolute Gasteiger partial charge is 0.267 e. The summed E-state index contributed by atoms with van der Waals surface area (Å²) in [7, 11) is 0. The fourth-order valence-electron chi connectivity index (χ4n) is 2.93. The molecule has 0 bridgehead atoms. The van der Waals surface area contributed by atoms with Gasteiger partial charge in [-0.25, -0.2) is 0 Å². The summed E-state index contributed by atoms with van der Waals surface area (Å²) in [6.07, 6.45) is 7.75. The van der Waals surface area contributed by atoms with Gasteiger partial charge in [0.15, 0.2) is 0 Å². The van der Waals surface area contributed by atoms with Gasteiger partial charge in [-0.3, -0.25) is 4.79 Å². The lowest BCUT2D eigenvalue weighted by Gasteiger charge is -2.22. The van der Waals surface area contributed by atoms with E-state index in [9.17, 15) is 4.79 Å². The van der Waals surface area contributed by atoms with E-state index < -0.39 is 0 Å². The molecule has 1 aliphatic carbocycles. The number of amides is 1. The zero-order chi connectivity index (χ0) is 13.9. The number of aromatic nitrogens is 1. The monoisotopic (exact) mass is 295 g/mol. The molecule has 3 rings (SSSR count). The number of hydrogen-bond acceptors (Lipinski definition) is 2. The lowest BCUT2D eigenvalue weighted by molar-refractivity contribution is 0.0941. The van der Waals surface area contributed by atoms with Crippen LogP contribution in [0.5, 0.6) is 0 Å². The Hall–Kier alpha value is -1.00. The number of hydrogen-bond donors (Lipinski definition) is 2. The first-order valence-corrected chi connectivity index (χ1v) is 7.98. The summed E-state index contributed by atoms with van der Waals surface area (Å²) in [5.41, 5.74) is 0.708. The summed E-state index contributed by atoms with van der Waals surface area (Å²) in [5.74, 6) is 0.704. The van der Waals surface area contributed by atoms with Crippen molar-refractivity contribution in [2.24, 2.45) is 5.92 Å². The molecule has 1 aliphatic heterocycles. The van der Waals surface area contributed by atoms with Crippen molar-refractivity contribution in [2.45, 2.75) is 38.1 Å². The molecule has 20 heavy (non-hydrogen) atoms. The van der Waals surface area contributed by atoms with Gasteiger partial charge >= 0.3 is 0 Å². The number of halogens is 1. The van der Waals surface area contributed by atoms with Crippen molar-refractivity contribution in [1.29, 1.82) is 0 Å². The van der Waals surface area contributed by atoms with Crippen molar-refractivity contribution < 1.29 is 4.79 Å². The van der Waals surface area contributed by atoms with E-state index >= 15 is 0 Å². The minimum Gasteiger partial charge on any atom is -0.351 e. The summed E-state index contributed by atoms with van der Waals surface area (Å²) in [5, 5.41) is 7.09. The quantitative estimate of drug-likeness (QED) is 0.877. The Morgan fingerprint density at radius 1 is 1.45 bits per heavy atom. The summed E-state index contributed by atoms with van der Waals surface area (Å²) in [6.45, 7) is 2.97. The summed E-state index contributed by atoms with van der Waals surface area (Å²) < 4.78 is 2.03. The predicted molar refractivity (Wildman–Crippen MR) is 80.3 cm³/mol. The molecule has 2 fully saturated rings. The Kier molecular flexibility index (Phi) is 4.32. The Labute approximate surface area is 124 Å². The minimum absolute atomic E-state index is 0.00701. The number of carbonyl (C=O) groups is 1. The van der Waals surface area contributed by atoms with E-state index in [0.717, 1.165) is 38.9 Å². The molecule has 110 valence electrons. The van der Waals surface area contributed by atoms with E-state index in [2.05, 4.69) is 10.6 Å². The molecule has 1 saturated heterocycles. The molecule has 4 nitrogen and oxygen atoms in total. The molecule has 1 unspecified atom stereocenters. The van der Waals surface area contributed by atoms with Crippen LogP contribution in [-0.2, 0) is 0 Å². The highest BCUT2D eigenvalue weighted by molar-refractivity contribution is 6.31. The third-order valence-electron chi connectivity index (χ3n) is 4.23. The standard InChI is InChI=1S/C15H22ClN3O/c16-12-8-14(19(10-12)13-3-4-13)15(20)18-7-5-11-2-1-6-17-9-11/h8,10-11,13,17H,1-7,9H2,(H,18,20). The molecule has 0 spiro atoms. The lowest BCUT2D eigenvalue weighted by atomic mass is 9.96. The molecule has 5 heteroatoms. The van der Waals surface area contributed by atoms with Gasteiger partial charge in [-0.1, -0.05) is 11.6 Å². The normalized spacial score (nSPS) is 22.8. The fourth-order valence-corrected chi connectivity index (χ4v) is 3.14. The van der Waals surface area contributed by atoms with Crippen LogP contribution >= 0.6 is 11.6 Å². The third-order valence-corrected chi connectivity index (χ3v) is 4.43. The largest absolute Gasteiger partial charge is 0.351 e. The third kappa shape index (κ3) is 3.36. The topological polar surface area (TPSA) is 46.1 Å². The average Bonchev–Trinajstić information content (AvgIpc) is 3.22. The van der Waals surface area contributed by atoms with E-state index in [1.807, 2.05) is 10.8 Å². The first-order chi connectivity index (χ1) is 9.74. The van der Waals surface area contributed by atoms with E-state index in [-0.39, 0.29) is 5.91 Å². The first kappa shape index (κ1) is 14.0. The van der Waals surface area contributed by atoms with Crippen molar-refractivity contribution >= 4 is 17.5 Å². The van der Waals surface area contributed by atoms with Gasteiger partial charge in [0.05, 0.1) is 5.02 Å². The molecular formula is C15H22ClN3O. The number of nitrogens with one attached hydrogen (secondary N) is 2. The Bertz CT molecular complexity index is 475.